The van der Waals surface area contributed by atoms with Crippen molar-refractivity contribution in [1.82, 2.24) is 25.5 Å². The van der Waals surface area contributed by atoms with E-state index in [0.717, 1.165) is 18.6 Å². The number of amides is 1. The third-order valence-electron chi connectivity index (χ3n) is 3.66. The molecule has 6 nitrogen and oxygen atoms in total. The van der Waals surface area contributed by atoms with E-state index < -0.39 is 23.7 Å². The van der Waals surface area contributed by atoms with Gasteiger partial charge in [0.25, 0.3) is 12.3 Å². The van der Waals surface area contributed by atoms with Gasteiger partial charge in [-0.05, 0) is 31.0 Å². The summed E-state index contributed by atoms with van der Waals surface area (Å²) in [6, 6.07) is 2.64. The number of nitrogens with one attached hydrogen (secondary N) is 1. The van der Waals surface area contributed by atoms with Crippen molar-refractivity contribution in [2.45, 2.75) is 25.3 Å². The Bertz CT molecular complexity index is 676. The van der Waals surface area contributed by atoms with Crippen LogP contribution in [-0.2, 0) is 0 Å². The van der Waals surface area contributed by atoms with E-state index in [-0.39, 0.29) is 11.6 Å². The molecule has 1 atom stereocenters. The molecule has 0 unspecified atom stereocenters. The van der Waals surface area contributed by atoms with Gasteiger partial charge >= 0.3 is 0 Å². The zero-order valence-corrected chi connectivity index (χ0v) is 11.3. The molecule has 3 rings (SSSR count). The molecule has 2 heterocycles. The average molecular weight is 311 g/mol. The fourth-order valence-corrected chi connectivity index (χ4v) is 2.59. The summed E-state index contributed by atoms with van der Waals surface area (Å²) in [6.07, 6.45) is -1.49. The molecular weight excluding hydrogens is 299 g/mol. The third kappa shape index (κ3) is 2.53. The fraction of sp³-hybridized carbons (Fsp3) is 0.385. The Labute approximate surface area is 123 Å². The number of hydrogen-bond acceptors (Lipinski definition) is 4. The van der Waals surface area contributed by atoms with E-state index in [0.29, 0.717) is 18.8 Å². The second-order valence-electron chi connectivity index (χ2n) is 4.96. The van der Waals surface area contributed by atoms with Gasteiger partial charge in [-0.1, -0.05) is 5.21 Å². The van der Waals surface area contributed by atoms with Crippen LogP contribution in [0.2, 0.25) is 0 Å². The first-order chi connectivity index (χ1) is 10.6. The van der Waals surface area contributed by atoms with Gasteiger partial charge in [0.15, 0.2) is 5.82 Å². The smallest absolute Gasteiger partial charge is 0.266 e. The Balaban J connectivity index is 1.86. The molecule has 0 bridgehead atoms. The molecule has 116 valence electrons. The van der Waals surface area contributed by atoms with Crippen molar-refractivity contribution in [2.75, 3.05) is 6.54 Å². The second-order valence-corrected chi connectivity index (χ2v) is 4.96. The molecule has 9 heteroatoms. The monoisotopic (exact) mass is 311 g/mol. The van der Waals surface area contributed by atoms with Crippen LogP contribution in [0.4, 0.5) is 13.2 Å². The van der Waals surface area contributed by atoms with Crippen molar-refractivity contribution in [1.29, 1.82) is 0 Å². The highest BCUT2D eigenvalue weighted by Gasteiger charge is 2.33. The maximum absolute atomic E-state index is 13.6. The van der Waals surface area contributed by atoms with Crippen LogP contribution >= 0.6 is 0 Å². The summed E-state index contributed by atoms with van der Waals surface area (Å²) >= 11 is 0. The first-order valence-corrected chi connectivity index (χ1v) is 6.70. The van der Waals surface area contributed by atoms with Crippen LogP contribution < -0.4 is 0 Å². The molecule has 0 aliphatic carbocycles. The summed E-state index contributed by atoms with van der Waals surface area (Å²) in [4.78, 5) is 14.0. The number of carbonyl (C=O) groups is 1. The highest BCUT2D eigenvalue weighted by Crippen LogP contribution is 2.31. The Hall–Kier alpha value is -2.45. The molecular formula is C13H12F3N5O. The van der Waals surface area contributed by atoms with Crippen molar-refractivity contribution in [3.8, 4) is 0 Å². The lowest BCUT2D eigenvalue weighted by Crippen LogP contribution is -2.31. The normalized spacial score (nSPS) is 18.2. The van der Waals surface area contributed by atoms with Gasteiger partial charge in [0.05, 0.1) is 11.6 Å². The van der Waals surface area contributed by atoms with Crippen molar-refractivity contribution in [3.63, 3.8) is 0 Å². The number of hydrogen-bond donors (Lipinski definition) is 1. The first-order valence-electron chi connectivity index (χ1n) is 6.70. The summed E-state index contributed by atoms with van der Waals surface area (Å²) in [7, 11) is 0. The molecule has 1 aromatic heterocycles. The Morgan fingerprint density at radius 1 is 1.41 bits per heavy atom. The molecule has 22 heavy (non-hydrogen) atoms. The van der Waals surface area contributed by atoms with Crippen LogP contribution in [-0.4, -0.2) is 38.0 Å². The molecule has 1 N–H and O–H groups in total. The van der Waals surface area contributed by atoms with Crippen molar-refractivity contribution < 1.29 is 18.0 Å². The van der Waals surface area contributed by atoms with E-state index in [1.165, 1.54) is 11.0 Å². The Kier molecular flexibility index (Phi) is 3.78. The predicted molar refractivity (Wildman–Crippen MR) is 68.5 cm³/mol. The molecule has 1 fully saturated rings. The number of aromatic nitrogens is 4. The molecule has 1 aliphatic heterocycles. The number of benzene rings is 1. The number of rotatable bonds is 3. The van der Waals surface area contributed by atoms with Gasteiger partial charge in [-0.15, -0.1) is 10.2 Å². The third-order valence-corrected chi connectivity index (χ3v) is 3.66. The summed E-state index contributed by atoms with van der Waals surface area (Å²) in [6.45, 7) is 0.469. The molecule has 2 aromatic rings. The van der Waals surface area contributed by atoms with Gasteiger partial charge in [-0.25, -0.2) is 13.2 Å². The summed E-state index contributed by atoms with van der Waals surface area (Å²) in [5, 5.41) is 13.5. The molecule has 1 amide bonds. The van der Waals surface area contributed by atoms with Crippen LogP contribution in [0.5, 0.6) is 0 Å². The molecule has 1 aromatic carbocycles. The lowest BCUT2D eigenvalue weighted by molar-refractivity contribution is 0.0728. The number of carbonyl (C=O) groups excluding carboxylic acids is 1. The zero-order chi connectivity index (χ0) is 15.7. The number of alkyl halides is 2. The lowest BCUT2D eigenvalue weighted by Gasteiger charge is -2.22. The van der Waals surface area contributed by atoms with Crippen LogP contribution in [0.1, 0.15) is 47.1 Å². The van der Waals surface area contributed by atoms with Crippen LogP contribution in [0.15, 0.2) is 18.2 Å². The Morgan fingerprint density at radius 3 is 2.86 bits per heavy atom. The molecule has 0 spiro atoms. The van der Waals surface area contributed by atoms with Gasteiger partial charge < -0.3 is 4.90 Å². The van der Waals surface area contributed by atoms with Gasteiger partial charge in [0.2, 0.25) is 0 Å². The van der Waals surface area contributed by atoms with E-state index in [4.69, 9.17) is 0 Å². The summed E-state index contributed by atoms with van der Waals surface area (Å²) < 4.78 is 38.7. The van der Waals surface area contributed by atoms with Crippen molar-refractivity contribution in [3.05, 3.63) is 41.0 Å². The SMILES string of the molecule is O=C(c1ccc(C(F)F)c(F)c1)N1CCC[C@H]1c1nn[nH]n1. The van der Waals surface area contributed by atoms with Gasteiger partial charge in [0, 0.05) is 12.1 Å². The minimum Gasteiger partial charge on any atom is -0.328 e. The number of H-pyrrole nitrogens is 1. The van der Waals surface area contributed by atoms with Gasteiger partial charge in [0.1, 0.15) is 5.82 Å². The minimum atomic E-state index is -2.91. The Morgan fingerprint density at radius 2 is 2.23 bits per heavy atom. The molecule has 1 saturated heterocycles. The maximum Gasteiger partial charge on any atom is 0.266 e. The highest BCUT2D eigenvalue weighted by atomic mass is 19.3. The van der Waals surface area contributed by atoms with E-state index in [1.807, 2.05) is 0 Å². The lowest BCUT2D eigenvalue weighted by atomic mass is 10.1. The highest BCUT2D eigenvalue weighted by molar-refractivity contribution is 5.94. The number of nitrogens with zero attached hydrogens (tertiary/aromatic N) is 4. The fourth-order valence-electron chi connectivity index (χ4n) is 2.59. The maximum atomic E-state index is 13.6. The van der Waals surface area contributed by atoms with E-state index >= 15 is 0 Å². The zero-order valence-electron chi connectivity index (χ0n) is 11.3. The largest absolute Gasteiger partial charge is 0.328 e. The van der Waals surface area contributed by atoms with Gasteiger partial charge in [-0.3, -0.25) is 4.79 Å². The number of aromatic amines is 1. The van der Waals surface area contributed by atoms with Crippen molar-refractivity contribution in [2.24, 2.45) is 0 Å². The van der Waals surface area contributed by atoms with E-state index in [1.54, 1.807) is 0 Å². The summed E-state index contributed by atoms with van der Waals surface area (Å²) in [5.74, 6) is -1.14. The molecule has 0 radical (unpaired) electrons. The molecule has 0 saturated carbocycles. The van der Waals surface area contributed by atoms with Crippen LogP contribution in [0.25, 0.3) is 0 Å². The number of likely N-dealkylation sites (tertiary alicyclic amines) is 1. The average Bonchev–Trinajstić information content (AvgIpc) is 3.16. The number of halogens is 3. The minimum absolute atomic E-state index is 0.0253. The predicted octanol–water partition coefficient (Wildman–Crippen LogP) is 2.25. The first kappa shape index (κ1) is 14.5. The van der Waals surface area contributed by atoms with Crippen molar-refractivity contribution >= 4 is 5.91 Å². The quantitative estimate of drug-likeness (QED) is 0.943. The second kappa shape index (κ2) is 5.74. The summed E-state index contributed by atoms with van der Waals surface area (Å²) in [5.41, 5.74) is -0.690. The van der Waals surface area contributed by atoms with Crippen LogP contribution in [0.3, 0.4) is 0 Å². The van der Waals surface area contributed by atoms with Gasteiger partial charge in [-0.2, -0.15) is 5.21 Å². The van der Waals surface area contributed by atoms with E-state index in [9.17, 15) is 18.0 Å². The number of tetrazole rings is 1. The van der Waals surface area contributed by atoms with E-state index in [2.05, 4.69) is 20.6 Å². The topological polar surface area (TPSA) is 74.8 Å². The standard InChI is InChI=1S/C13H12F3N5O/c14-9-6-7(3-4-8(9)11(15)16)13(22)21-5-1-2-10(21)12-17-19-20-18-12/h3-4,6,10-11H,1-2,5H2,(H,17,18,19,20)/t10-/m0/s1. The van der Waals surface area contributed by atoms with Crippen LogP contribution in [0, 0.1) is 5.82 Å². The molecule has 1 aliphatic rings.